The second-order valence-electron chi connectivity index (χ2n) is 7.00. The number of aromatic amines is 1. The van der Waals surface area contributed by atoms with E-state index >= 15 is 0 Å². The molecule has 0 bridgehead atoms. The molecule has 2 N–H and O–H groups in total. The molecule has 1 saturated carbocycles. The highest BCUT2D eigenvalue weighted by atomic mass is 16.2. The second kappa shape index (κ2) is 7.34. The summed E-state index contributed by atoms with van der Waals surface area (Å²) < 4.78 is 0. The third-order valence-corrected chi connectivity index (χ3v) is 5.32. The third kappa shape index (κ3) is 3.61. The molecule has 2 amide bonds. The fourth-order valence-electron chi connectivity index (χ4n) is 3.69. The highest BCUT2D eigenvalue weighted by molar-refractivity contribution is 5.87. The van der Waals surface area contributed by atoms with Crippen LogP contribution in [0.25, 0.3) is 0 Å². The van der Waals surface area contributed by atoms with Crippen LogP contribution in [0.2, 0.25) is 0 Å². The summed E-state index contributed by atoms with van der Waals surface area (Å²) in [5, 5.41) is 10.2. The van der Waals surface area contributed by atoms with Crippen LogP contribution in [0.15, 0.2) is 6.20 Å². The summed E-state index contributed by atoms with van der Waals surface area (Å²) in [5.41, 5.74) is 2.11. The van der Waals surface area contributed by atoms with E-state index < -0.39 is 0 Å². The van der Waals surface area contributed by atoms with Crippen LogP contribution in [0.5, 0.6) is 0 Å². The minimum atomic E-state index is -0.284. The summed E-state index contributed by atoms with van der Waals surface area (Å²) in [7, 11) is 3.58. The SMILES string of the molecule is CN(CC(=O)N(C)C1CCCCC1)C(=O)C1Cc2cn[nH]c2CN1. The summed E-state index contributed by atoms with van der Waals surface area (Å²) in [4.78, 5) is 28.5. The molecule has 7 nitrogen and oxygen atoms in total. The van der Waals surface area contributed by atoms with Gasteiger partial charge in [0.05, 0.1) is 24.5 Å². The number of rotatable bonds is 4. The zero-order valence-corrected chi connectivity index (χ0v) is 14.5. The number of nitrogens with zero attached hydrogens (tertiary/aromatic N) is 3. The number of hydrogen-bond acceptors (Lipinski definition) is 4. The van der Waals surface area contributed by atoms with Crippen molar-refractivity contribution >= 4 is 11.8 Å². The number of aromatic nitrogens is 2. The van der Waals surface area contributed by atoms with Gasteiger partial charge in [-0.05, 0) is 18.4 Å². The number of carbonyl (C=O) groups excluding carboxylic acids is 2. The Morgan fingerprint density at radius 2 is 2.00 bits per heavy atom. The Labute approximate surface area is 142 Å². The van der Waals surface area contributed by atoms with E-state index in [1.807, 2.05) is 11.9 Å². The first-order chi connectivity index (χ1) is 11.6. The van der Waals surface area contributed by atoms with Gasteiger partial charge in [-0.25, -0.2) is 0 Å². The molecule has 0 spiro atoms. The van der Waals surface area contributed by atoms with Gasteiger partial charge >= 0.3 is 0 Å². The summed E-state index contributed by atoms with van der Waals surface area (Å²) in [6.45, 7) is 0.748. The topological polar surface area (TPSA) is 81.3 Å². The smallest absolute Gasteiger partial charge is 0.242 e. The minimum Gasteiger partial charge on any atom is -0.341 e. The molecule has 1 aliphatic carbocycles. The summed E-state index contributed by atoms with van der Waals surface area (Å²) in [5.74, 6) is -0.00944. The molecule has 2 heterocycles. The number of nitrogens with one attached hydrogen (secondary N) is 2. The quantitative estimate of drug-likeness (QED) is 0.849. The lowest BCUT2D eigenvalue weighted by Crippen LogP contribution is -2.51. The lowest BCUT2D eigenvalue weighted by atomic mass is 9.94. The molecule has 1 aliphatic heterocycles. The molecule has 3 rings (SSSR count). The zero-order valence-electron chi connectivity index (χ0n) is 14.5. The predicted octanol–water partition coefficient (Wildman–Crippen LogP) is 0.674. The largest absolute Gasteiger partial charge is 0.341 e. The molecule has 7 heteroatoms. The van der Waals surface area contributed by atoms with Crippen molar-refractivity contribution in [3.8, 4) is 0 Å². The van der Waals surface area contributed by atoms with E-state index in [9.17, 15) is 9.59 Å². The summed E-state index contributed by atoms with van der Waals surface area (Å²) >= 11 is 0. The van der Waals surface area contributed by atoms with Gasteiger partial charge in [-0.2, -0.15) is 5.10 Å². The number of likely N-dealkylation sites (N-methyl/N-ethyl adjacent to an activating group) is 2. The van der Waals surface area contributed by atoms with Crippen molar-refractivity contribution < 1.29 is 9.59 Å². The van der Waals surface area contributed by atoms with Crippen LogP contribution in [0.1, 0.15) is 43.4 Å². The molecular formula is C17H27N5O2. The standard InChI is InChI=1S/C17H27N5O2/c1-21(11-16(23)22(2)13-6-4-3-5-7-13)17(24)14-8-12-9-19-20-15(12)10-18-14/h9,13-14,18H,3-8,10-11H2,1-2H3,(H,19,20). The lowest BCUT2D eigenvalue weighted by molar-refractivity contribution is -0.141. The average Bonchev–Trinajstić information content (AvgIpc) is 3.08. The predicted molar refractivity (Wildman–Crippen MR) is 90.2 cm³/mol. The molecule has 1 unspecified atom stereocenters. The van der Waals surface area contributed by atoms with Crippen molar-refractivity contribution in [2.24, 2.45) is 0 Å². The minimum absolute atomic E-state index is 0.0255. The van der Waals surface area contributed by atoms with E-state index in [-0.39, 0.29) is 24.4 Å². The van der Waals surface area contributed by atoms with E-state index in [0.29, 0.717) is 19.0 Å². The maximum absolute atomic E-state index is 12.6. The van der Waals surface area contributed by atoms with Crippen LogP contribution in [-0.2, 0) is 22.6 Å². The van der Waals surface area contributed by atoms with Gasteiger partial charge in [0.25, 0.3) is 0 Å². The molecule has 2 aliphatic rings. The monoisotopic (exact) mass is 333 g/mol. The molecular weight excluding hydrogens is 306 g/mol. The maximum Gasteiger partial charge on any atom is 0.242 e. The average molecular weight is 333 g/mol. The molecule has 1 aromatic rings. The number of fused-ring (bicyclic) bond motifs is 1. The van der Waals surface area contributed by atoms with Crippen molar-refractivity contribution in [3.05, 3.63) is 17.5 Å². The zero-order chi connectivity index (χ0) is 17.1. The van der Waals surface area contributed by atoms with E-state index in [4.69, 9.17) is 0 Å². The Bertz CT molecular complexity index is 594. The Balaban J connectivity index is 1.53. The van der Waals surface area contributed by atoms with Gasteiger partial charge in [-0.1, -0.05) is 19.3 Å². The van der Waals surface area contributed by atoms with Crippen LogP contribution < -0.4 is 5.32 Å². The Morgan fingerprint density at radius 3 is 2.75 bits per heavy atom. The second-order valence-corrected chi connectivity index (χ2v) is 7.00. The first-order valence-electron chi connectivity index (χ1n) is 8.81. The Morgan fingerprint density at radius 1 is 1.25 bits per heavy atom. The van der Waals surface area contributed by atoms with Crippen molar-refractivity contribution in [1.82, 2.24) is 25.3 Å². The van der Waals surface area contributed by atoms with Gasteiger partial charge in [-0.15, -0.1) is 0 Å². The van der Waals surface area contributed by atoms with Crippen molar-refractivity contribution in [3.63, 3.8) is 0 Å². The fourth-order valence-corrected chi connectivity index (χ4v) is 3.69. The summed E-state index contributed by atoms with van der Waals surface area (Å²) in [6, 6.07) is 0.0453. The molecule has 0 radical (unpaired) electrons. The van der Waals surface area contributed by atoms with Crippen LogP contribution in [0, 0.1) is 0 Å². The molecule has 0 aromatic carbocycles. The first-order valence-corrected chi connectivity index (χ1v) is 8.81. The highest BCUT2D eigenvalue weighted by Gasteiger charge is 2.29. The van der Waals surface area contributed by atoms with Gasteiger partial charge in [-0.3, -0.25) is 20.0 Å². The number of amides is 2. The number of carbonyl (C=O) groups is 2. The van der Waals surface area contributed by atoms with Crippen LogP contribution in [0.3, 0.4) is 0 Å². The van der Waals surface area contributed by atoms with Crippen LogP contribution >= 0.6 is 0 Å². The van der Waals surface area contributed by atoms with Crippen LogP contribution in [0.4, 0.5) is 0 Å². The Hall–Kier alpha value is -1.89. The molecule has 1 atom stereocenters. The third-order valence-electron chi connectivity index (χ3n) is 5.32. The van der Waals surface area contributed by atoms with Crippen molar-refractivity contribution in [2.75, 3.05) is 20.6 Å². The van der Waals surface area contributed by atoms with Gasteiger partial charge < -0.3 is 9.80 Å². The molecule has 0 saturated heterocycles. The number of H-pyrrole nitrogens is 1. The summed E-state index contributed by atoms with van der Waals surface area (Å²) in [6.07, 6.45) is 8.19. The molecule has 1 aromatic heterocycles. The van der Waals surface area contributed by atoms with E-state index in [1.54, 1.807) is 18.1 Å². The molecule has 24 heavy (non-hydrogen) atoms. The van der Waals surface area contributed by atoms with E-state index in [0.717, 1.165) is 24.1 Å². The van der Waals surface area contributed by atoms with E-state index in [1.165, 1.54) is 19.3 Å². The van der Waals surface area contributed by atoms with Gasteiger partial charge in [0.2, 0.25) is 11.8 Å². The molecule has 1 fully saturated rings. The molecule has 132 valence electrons. The van der Waals surface area contributed by atoms with E-state index in [2.05, 4.69) is 15.5 Å². The first kappa shape index (κ1) is 17.0. The van der Waals surface area contributed by atoms with Gasteiger partial charge in [0.15, 0.2) is 0 Å². The van der Waals surface area contributed by atoms with Crippen LogP contribution in [-0.4, -0.2) is 64.5 Å². The van der Waals surface area contributed by atoms with Gasteiger partial charge in [0.1, 0.15) is 0 Å². The lowest BCUT2D eigenvalue weighted by Gasteiger charge is -2.33. The van der Waals surface area contributed by atoms with Gasteiger partial charge in [0, 0.05) is 33.1 Å². The number of hydrogen-bond donors (Lipinski definition) is 2. The normalized spacial score (nSPS) is 21.2. The fraction of sp³-hybridized carbons (Fsp3) is 0.706. The highest BCUT2D eigenvalue weighted by Crippen LogP contribution is 2.22. The maximum atomic E-state index is 12.6. The van der Waals surface area contributed by atoms with Crippen molar-refractivity contribution in [1.29, 1.82) is 0 Å². The Kier molecular flexibility index (Phi) is 5.18. The van der Waals surface area contributed by atoms with Crippen molar-refractivity contribution in [2.45, 2.75) is 57.2 Å².